The number of carbonyl (C=O) groups excluding carboxylic acids is 1. The van der Waals surface area contributed by atoms with Crippen LogP contribution in [0.25, 0.3) is 10.6 Å². The van der Waals surface area contributed by atoms with E-state index in [2.05, 4.69) is 15.2 Å². The standard InChI is InChI=1S/C14H18N4O3S2/c1-14(2,9-23(4,20)21)12(19)18(3)13-17-16-11(22-13)10-6-5-7-15-8-10/h5-8H,9H2,1-4H3. The van der Waals surface area contributed by atoms with Crippen molar-refractivity contribution in [2.24, 2.45) is 5.41 Å². The Hall–Kier alpha value is -1.87. The van der Waals surface area contributed by atoms with Gasteiger partial charge in [0.25, 0.3) is 0 Å². The van der Waals surface area contributed by atoms with E-state index in [1.54, 1.807) is 39.4 Å². The van der Waals surface area contributed by atoms with Gasteiger partial charge in [-0.3, -0.25) is 14.7 Å². The number of hydrogen-bond acceptors (Lipinski definition) is 7. The molecule has 0 saturated heterocycles. The molecule has 9 heteroatoms. The first-order valence-corrected chi connectivity index (χ1v) is 9.68. The highest BCUT2D eigenvalue weighted by atomic mass is 32.2. The Bertz CT molecular complexity index is 800. The van der Waals surface area contributed by atoms with Gasteiger partial charge in [0.15, 0.2) is 5.01 Å². The monoisotopic (exact) mass is 354 g/mol. The molecule has 0 unspecified atom stereocenters. The van der Waals surface area contributed by atoms with Gasteiger partial charge in [-0.15, -0.1) is 10.2 Å². The summed E-state index contributed by atoms with van der Waals surface area (Å²) in [7, 11) is -1.70. The Labute approximate surface area is 139 Å². The van der Waals surface area contributed by atoms with Gasteiger partial charge < -0.3 is 0 Å². The van der Waals surface area contributed by atoms with E-state index in [0.29, 0.717) is 10.1 Å². The van der Waals surface area contributed by atoms with Gasteiger partial charge in [0.05, 0.1) is 11.2 Å². The minimum atomic E-state index is -3.27. The van der Waals surface area contributed by atoms with E-state index in [0.717, 1.165) is 11.8 Å². The lowest BCUT2D eigenvalue weighted by Gasteiger charge is -2.26. The summed E-state index contributed by atoms with van der Waals surface area (Å²) >= 11 is 1.25. The fourth-order valence-electron chi connectivity index (χ4n) is 2.22. The van der Waals surface area contributed by atoms with Crippen LogP contribution >= 0.6 is 11.3 Å². The van der Waals surface area contributed by atoms with Crippen molar-refractivity contribution in [1.82, 2.24) is 15.2 Å². The molecular formula is C14H18N4O3S2. The average molecular weight is 354 g/mol. The van der Waals surface area contributed by atoms with Gasteiger partial charge >= 0.3 is 0 Å². The zero-order valence-corrected chi connectivity index (χ0v) is 15.0. The fourth-order valence-corrected chi connectivity index (χ4v) is 4.44. The van der Waals surface area contributed by atoms with Gasteiger partial charge in [0, 0.05) is 31.3 Å². The molecule has 2 heterocycles. The lowest BCUT2D eigenvalue weighted by Crippen LogP contribution is -2.42. The van der Waals surface area contributed by atoms with Crippen LogP contribution in [0.4, 0.5) is 5.13 Å². The summed E-state index contributed by atoms with van der Waals surface area (Å²) in [6.45, 7) is 3.21. The number of pyridine rings is 1. The van der Waals surface area contributed by atoms with Crippen LogP contribution in [0.1, 0.15) is 13.8 Å². The van der Waals surface area contributed by atoms with Crippen LogP contribution in [0, 0.1) is 5.41 Å². The molecule has 0 bridgehead atoms. The third-order valence-electron chi connectivity index (χ3n) is 3.12. The van der Waals surface area contributed by atoms with E-state index in [4.69, 9.17) is 0 Å². The van der Waals surface area contributed by atoms with Gasteiger partial charge in [0.1, 0.15) is 9.84 Å². The molecule has 2 aromatic rings. The molecule has 124 valence electrons. The second kappa shape index (κ2) is 6.32. The van der Waals surface area contributed by atoms with Crippen molar-refractivity contribution in [3.8, 4) is 10.6 Å². The van der Waals surface area contributed by atoms with Crippen molar-refractivity contribution in [2.75, 3.05) is 24.0 Å². The third kappa shape index (κ3) is 4.32. The van der Waals surface area contributed by atoms with E-state index >= 15 is 0 Å². The molecule has 1 amide bonds. The minimum Gasteiger partial charge on any atom is -0.289 e. The summed E-state index contributed by atoms with van der Waals surface area (Å²) in [5.41, 5.74) is -0.227. The highest BCUT2D eigenvalue weighted by Gasteiger charge is 2.35. The molecule has 0 radical (unpaired) electrons. The Kier molecular flexibility index (Phi) is 4.81. The quantitative estimate of drug-likeness (QED) is 0.810. The summed E-state index contributed by atoms with van der Waals surface area (Å²) in [5.74, 6) is -0.547. The van der Waals surface area contributed by atoms with Crippen molar-refractivity contribution in [3.63, 3.8) is 0 Å². The molecule has 0 aliphatic rings. The van der Waals surface area contributed by atoms with E-state index in [9.17, 15) is 13.2 Å². The molecule has 0 atom stereocenters. The van der Waals surface area contributed by atoms with Crippen LogP contribution in [0.2, 0.25) is 0 Å². The van der Waals surface area contributed by atoms with Crippen molar-refractivity contribution in [1.29, 1.82) is 0 Å². The summed E-state index contributed by atoms with van der Waals surface area (Å²) in [5, 5.41) is 9.14. The van der Waals surface area contributed by atoms with E-state index in [-0.39, 0.29) is 11.7 Å². The molecule has 0 fully saturated rings. The topological polar surface area (TPSA) is 93.1 Å². The third-order valence-corrected chi connectivity index (χ3v) is 5.41. The Morgan fingerprint density at radius 2 is 2.04 bits per heavy atom. The van der Waals surface area contributed by atoms with Crippen molar-refractivity contribution in [3.05, 3.63) is 24.5 Å². The molecule has 0 saturated carbocycles. The predicted molar refractivity (Wildman–Crippen MR) is 90.0 cm³/mol. The van der Waals surface area contributed by atoms with Gasteiger partial charge in [-0.1, -0.05) is 25.2 Å². The van der Waals surface area contributed by atoms with Crippen LogP contribution in [0.5, 0.6) is 0 Å². The summed E-state index contributed by atoms with van der Waals surface area (Å²) in [4.78, 5) is 17.9. The first kappa shape index (κ1) is 17.5. The molecule has 0 aliphatic carbocycles. The largest absolute Gasteiger partial charge is 0.289 e. The van der Waals surface area contributed by atoms with Crippen molar-refractivity contribution in [2.45, 2.75) is 13.8 Å². The summed E-state index contributed by atoms with van der Waals surface area (Å²) in [6.07, 6.45) is 4.45. The van der Waals surface area contributed by atoms with E-state index in [1.165, 1.54) is 16.2 Å². The zero-order valence-electron chi connectivity index (χ0n) is 13.3. The highest BCUT2D eigenvalue weighted by Crippen LogP contribution is 2.30. The van der Waals surface area contributed by atoms with E-state index in [1.807, 2.05) is 6.07 Å². The Balaban J connectivity index is 2.22. The summed E-state index contributed by atoms with van der Waals surface area (Å²) < 4.78 is 23.0. The molecule has 0 aromatic carbocycles. The summed E-state index contributed by atoms with van der Waals surface area (Å²) in [6, 6.07) is 3.65. The lowest BCUT2D eigenvalue weighted by atomic mass is 9.95. The first-order chi connectivity index (χ1) is 10.6. The van der Waals surface area contributed by atoms with Gasteiger partial charge in [0.2, 0.25) is 11.0 Å². The first-order valence-electron chi connectivity index (χ1n) is 6.80. The molecule has 7 nitrogen and oxygen atoms in total. The number of amides is 1. The maximum Gasteiger partial charge on any atom is 0.235 e. The lowest BCUT2D eigenvalue weighted by molar-refractivity contribution is -0.125. The number of nitrogens with zero attached hydrogens (tertiary/aromatic N) is 4. The number of sulfone groups is 1. The normalized spacial score (nSPS) is 12.2. The molecule has 2 rings (SSSR count). The smallest absolute Gasteiger partial charge is 0.235 e. The minimum absolute atomic E-state index is 0.225. The van der Waals surface area contributed by atoms with E-state index < -0.39 is 15.3 Å². The zero-order chi connectivity index (χ0) is 17.3. The maximum absolute atomic E-state index is 12.6. The molecule has 23 heavy (non-hydrogen) atoms. The number of carbonyl (C=O) groups is 1. The predicted octanol–water partition coefficient (Wildman–Crippen LogP) is 1.63. The van der Waals surface area contributed by atoms with Crippen molar-refractivity contribution < 1.29 is 13.2 Å². The number of rotatable bonds is 5. The number of anilines is 1. The number of aromatic nitrogens is 3. The number of hydrogen-bond donors (Lipinski definition) is 0. The van der Waals surface area contributed by atoms with Crippen LogP contribution in [0.15, 0.2) is 24.5 Å². The van der Waals surface area contributed by atoms with Gasteiger partial charge in [-0.2, -0.15) is 0 Å². The SMILES string of the molecule is CN(C(=O)C(C)(C)CS(C)(=O)=O)c1nnc(-c2cccnc2)s1. The van der Waals surface area contributed by atoms with Gasteiger partial charge in [-0.25, -0.2) is 8.42 Å². The second-order valence-corrected chi connectivity index (χ2v) is 9.05. The van der Waals surface area contributed by atoms with Crippen LogP contribution < -0.4 is 4.90 Å². The molecule has 0 N–H and O–H groups in total. The fraction of sp³-hybridized carbons (Fsp3) is 0.429. The Morgan fingerprint density at radius 3 is 2.61 bits per heavy atom. The van der Waals surface area contributed by atoms with Gasteiger partial charge in [-0.05, 0) is 12.1 Å². The molecule has 2 aromatic heterocycles. The highest BCUT2D eigenvalue weighted by molar-refractivity contribution is 7.90. The van der Waals surface area contributed by atoms with Crippen LogP contribution in [-0.2, 0) is 14.6 Å². The maximum atomic E-state index is 12.6. The van der Waals surface area contributed by atoms with Crippen LogP contribution in [0.3, 0.4) is 0 Å². The molecule has 0 aliphatic heterocycles. The average Bonchev–Trinajstić information content (AvgIpc) is 2.94. The van der Waals surface area contributed by atoms with Crippen molar-refractivity contribution >= 4 is 32.2 Å². The molecular weight excluding hydrogens is 336 g/mol. The Morgan fingerprint density at radius 1 is 1.35 bits per heavy atom. The second-order valence-electron chi connectivity index (χ2n) is 5.95. The van der Waals surface area contributed by atoms with Crippen LogP contribution in [-0.4, -0.2) is 48.6 Å². The molecule has 0 spiro atoms.